The minimum atomic E-state index is -0.287. The van der Waals surface area contributed by atoms with Crippen molar-refractivity contribution in [2.75, 3.05) is 24.6 Å². The maximum Gasteiger partial charge on any atom is 0.123 e. The number of halogens is 1. The van der Waals surface area contributed by atoms with Gasteiger partial charge >= 0.3 is 0 Å². The van der Waals surface area contributed by atoms with Crippen molar-refractivity contribution in [3.63, 3.8) is 0 Å². The van der Waals surface area contributed by atoms with Gasteiger partial charge in [0, 0.05) is 44.3 Å². The SMILES string of the molecule is O[C@H]1CCCN(Cc2cn(N(c3ccc4c(c3)CCN(Cc3cccc(F)c3)C4)c3ccc4ncncc4c3)nn2)C1. The number of anilines is 2. The Kier molecular flexibility index (Phi) is 7.33. The summed E-state index contributed by atoms with van der Waals surface area (Å²) in [5.74, 6) is -0.195. The van der Waals surface area contributed by atoms with Crippen LogP contribution in [-0.4, -0.2) is 65.7 Å². The Morgan fingerprint density at radius 2 is 1.86 bits per heavy atom. The van der Waals surface area contributed by atoms with E-state index in [0.29, 0.717) is 13.1 Å². The van der Waals surface area contributed by atoms with Crippen molar-refractivity contribution >= 4 is 22.3 Å². The second-order valence-electron chi connectivity index (χ2n) is 11.3. The van der Waals surface area contributed by atoms with Crippen molar-refractivity contribution in [3.8, 4) is 0 Å². The maximum atomic E-state index is 13.7. The lowest BCUT2D eigenvalue weighted by Crippen LogP contribution is -2.37. The van der Waals surface area contributed by atoms with Crippen LogP contribution < -0.4 is 5.01 Å². The molecule has 10 heteroatoms. The average Bonchev–Trinajstić information content (AvgIpc) is 3.45. The third kappa shape index (κ3) is 5.74. The molecule has 9 nitrogen and oxygen atoms in total. The Labute approximate surface area is 243 Å². The van der Waals surface area contributed by atoms with Crippen LogP contribution in [0.3, 0.4) is 0 Å². The fourth-order valence-corrected chi connectivity index (χ4v) is 6.11. The molecule has 0 spiro atoms. The molecule has 4 heterocycles. The number of piperidine rings is 1. The molecule has 1 saturated heterocycles. The molecular weight excluding hydrogens is 531 g/mol. The van der Waals surface area contributed by atoms with Crippen molar-refractivity contribution in [2.45, 2.75) is 45.0 Å². The van der Waals surface area contributed by atoms with E-state index in [0.717, 1.165) is 79.0 Å². The number of aliphatic hydroxyl groups excluding tert-OH is 1. The first-order chi connectivity index (χ1) is 20.6. The number of rotatable bonds is 7. The summed E-state index contributed by atoms with van der Waals surface area (Å²) in [6.45, 7) is 4.67. The van der Waals surface area contributed by atoms with Gasteiger partial charge in [-0.2, -0.15) is 4.79 Å². The second-order valence-corrected chi connectivity index (χ2v) is 11.3. The zero-order valence-corrected chi connectivity index (χ0v) is 23.3. The van der Waals surface area contributed by atoms with E-state index in [-0.39, 0.29) is 11.9 Å². The monoisotopic (exact) mass is 564 g/mol. The number of hydrogen-bond donors (Lipinski definition) is 1. The van der Waals surface area contributed by atoms with Gasteiger partial charge in [-0.15, -0.1) is 5.10 Å². The van der Waals surface area contributed by atoms with Crippen LogP contribution in [0.2, 0.25) is 0 Å². The molecule has 1 N–H and O–H groups in total. The Hall–Kier alpha value is -4.25. The molecule has 5 aromatic rings. The minimum absolute atomic E-state index is 0.195. The van der Waals surface area contributed by atoms with Crippen molar-refractivity contribution in [1.82, 2.24) is 34.9 Å². The van der Waals surface area contributed by atoms with Gasteiger partial charge in [-0.05, 0) is 90.2 Å². The lowest BCUT2D eigenvalue weighted by molar-refractivity contribution is 0.0662. The van der Waals surface area contributed by atoms with Crippen LogP contribution in [0.4, 0.5) is 15.8 Å². The van der Waals surface area contributed by atoms with Gasteiger partial charge in [0.25, 0.3) is 0 Å². The fraction of sp³-hybridized carbons (Fsp3) is 0.312. The third-order valence-electron chi connectivity index (χ3n) is 8.15. The first-order valence-corrected chi connectivity index (χ1v) is 14.5. The van der Waals surface area contributed by atoms with Gasteiger partial charge in [0.05, 0.1) is 34.9 Å². The summed E-state index contributed by atoms with van der Waals surface area (Å²) in [5.41, 5.74) is 7.18. The molecule has 2 aliphatic rings. The number of likely N-dealkylation sites (tertiary alicyclic amines) is 1. The van der Waals surface area contributed by atoms with E-state index in [1.54, 1.807) is 23.3 Å². The molecule has 7 rings (SSSR count). The summed E-state index contributed by atoms with van der Waals surface area (Å²) in [7, 11) is 0. The van der Waals surface area contributed by atoms with Gasteiger partial charge < -0.3 is 5.11 Å². The second kappa shape index (κ2) is 11.6. The molecule has 1 atom stereocenters. The van der Waals surface area contributed by atoms with E-state index in [1.165, 1.54) is 17.2 Å². The molecule has 3 aromatic carbocycles. The summed E-state index contributed by atoms with van der Waals surface area (Å²) in [4.78, 5) is 15.0. The quantitative estimate of drug-likeness (QED) is 0.310. The van der Waals surface area contributed by atoms with Gasteiger partial charge in [-0.3, -0.25) is 9.80 Å². The van der Waals surface area contributed by atoms with Gasteiger partial charge in [0.1, 0.15) is 12.1 Å². The standard InChI is InChI=1S/C32H33FN8O/c33-27-4-1-3-23(13-27)17-39-12-10-24-14-29(7-6-25(24)18-39)41(30-8-9-32-26(15-30)16-34-22-35-32)40-20-28(36-37-40)19-38-11-2-5-31(42)21-38/h1,3-4,6-9,13-16,20,22,31,42H,2,5,10-12,17-19,21H2/t31-/m0/s1. The van der Waals surface area contributed by atoms with Gasteiger partial charge in [-0.25, -0.2) is 19.4 Å². The summed E-state index contributed by atoms with van der Waals surface area (Å²) < 4.78 is 13.7. The van der Waals surface area contributed by atoms with Crippen molar-refractivity contribution < 1.29 is 9.50 Å². The Morgan fingerprint density at radius 3 is 2.76 bits per heavy atom. The number of aliphatic hydroxyl groups is 1. The van der Waals surface area contributed by atoms with Crippen LogP contribution in [0.15, 0.2) is 79.4 Å². The van der Waals surface area contributed by atoms with Crippen LogP contribution in [0.1, 0.15) is 35.2 Å². The molecule has 0 aliphatic carbocycles. The number of fused-ring (bicyclic) bond motifs is 2. The van der Waals surface area contributed by atoms with Crippen molar-refractivity contribution in [3.05, 3.63) is 108 Å². The van der Waals surface area contributed by atoms with Crippen molar-refractivity contribution in [2.24, 2.45) is 0 Å². The number of nitrogens with zero attached hydrogens (tertiary/aromatic N) is 8. The lowest BCUT2D eigenvalue weighted by Gasteiger charge is -2.31. The van der Waals surface area contributed by atoms with E-state index in [1.807, 2.05) is 30.6 Å². The molecule has 0 bridgehead atoms. The third-order valence-corrected chi connectivity index (χ3v) is 8.15. The molecule has 2 aliphatic heterocycles. The molecule has 0 saturated carbocycles. The molecule has 0 radical (unpaired) electrons. The number of β-amino-alcohol motifs (C(OH)–C–C–N with tert-alkyl or cyclic N) is 1. The molecule has 1 fully saturated rings. The van der Waals surface area contributed by atoms with Gasteiger partial charge in [0.15, 0.2) is 0 Å². The highest BCUT2D eigenvalue weighted by Gasteiger charge is 2.22. The Bertz CT molecular complexity index is 1710. The van der Waals surface area contributed by atoms with Crippen LogP contribution in [0.25, 0.3) is 10.9 Å². The topological polar surface area (TPSA) is 86.4 Å². The molecule has 0 amide bonds. The highest BCUT2D eigenvalue weighted by atomic mass is 19.1. The summed E-state index contributed by atoms with van der Waals surface area (Å²) in [5, 5.41) is 22.2. The fourth-order valence-electron chi connectivity index (χ4n) is 6.11. The maximum absolute atomic E-state index is 13.7. The summed E-state index contributed by atoms with van der Waals surface area (Å²) >= 11 is 0. The summed E-state index contributed by atoms with van der Waals surface area (Å²) in [6, 6.07) is 19.5. The van der Waals surface area contributed by atoms with E-state index in [9.17, 15) is 9.50 Å². The van der Waals surface area contributed by atoms with Crippen LogP contribution in [-0.2, 0) is 26.1 Å². The first-order valence-electron chi connectivity index (χ1n) is 14.5. The Balaban J connectivity index is 1.18. The minimum Gasteiger partial charge on any atom is -0.392 e. The van der Waals surface area contributed by atoms with E-state index in [4.69, 9.17) is 0 Å². The van der Waals surface area contributed by atoms with Crippen LogP contribution >= 0.6 is 0 Å². The molecule has 2 aromatic heterocycles. The van der Waals surface area contributed by atoms with E-state index >= 15 is 0 Å². The predicted molar refractivity (Wildman–Crippen MR) is 158 cm³/mol. The molecule has 42 heavy (non-hydrogen) atoms. The Morgan fingerprint density at radius 1 is 0.952 bits per heavy atom. The predicted octanol–water partition coefficient (Wildman–Crippen LogP) is 4.48. The lowest BCUT2D eigenvalue weighted by atomic mass is 9.98. The van der Waals surface area contributed by atoms with Gasteiger partial charge in [-0.1, -0.05) is 18.2 Å². The highest BCUT2D eigenvalue weighted by Crippen LogP contribution is 2.32. The smallest absolute Gasteiger partial charge is 0.123 e. The number of hydrogen-bond acceptors (Lipinski definition) is 8. The zero-order chi connectivity index (χ0) is 28.5. The highest BCUT2D eigenvalue weighted by molar-refractivity contribution is 5.83. The molecule has 214 valence electrons. The zero-order valence-electron chi connectivity index (χ0n) is 23.3. The number of aromatic nitrogens is 5. The summed E-state index contributed by atoms with van der Waals surface area (Å²) in [6.07, 6.45) is 7.79. The first kappa shape index (κ1) is 26.6. The van der Waals surface area contributed by atoms with E-state index in [2.05, 4.69) is 59.4 Å². The normalized spacial score (nSPS) is 17.8. The largest absolute Gasteiger partial charge is 0.392 e. The molecular formula is C32H33FN8O. The number of benzene rings is 3. The van der Waals surface area contributed by atoms with Gasteiger partial charge in [0.2, 0.25) is 0 Å². The van der Waals surface area contributed by atoms with E-state index < -0.39 is 0 Å². The average molecular weight is 565 g/mol. The van der Waals surface area contributed by atoms with Crippen molar-refractivity contribution in [1.29, 1.82) is 0 Å². The van der Waals surface area contributed by atoms with Crippen LogP contribution in [0.5, 0.6) is 0 Å². The van der Waals surface area contributed by atoms with Crippen LogP contribution in [0, 0.1) is 5.82 Å². The molecule has 0 unspecified atom stereocenters.